The lowest BCUT2D eigenvalue weighted by molar-refractivity contribution is -0.113. The highest BCUT2D eigenvalue weighted by Gasteiger charge is 2.34. The second kappa shape index (κ2) is 11.4. The van der Waals surface area contributed by atoms with Crippen molar-refractivity contribution in [3.63, 3.8) is 0 Å². The molecule has 38 heavy (non-hydrogen) atoms. The molecule has 3 aromatic rings. The summed E-state index contributed by atoms with van der Waals surface area (Å²) in [5.41, 5.74) is -0.288. The average Bonchev–Trinajstić information content (AvgIpc) is 3.35. The summed E-state index contributed by atoms with van der Waals surface area (Å²) in [5.74, 6) is 0.349. The van der Waals surface area contributed by atoms with E-state index in [1.165, 1.54) is 18.1 Å². The Labute approximate surface area is 225 Å². The number of nitrogens with one attached hydrogen (secondary N) is 1. The van der Waals surface area contributed by atoms with Gasteiger partial charge in [0.15, 0.2) is 5.11 Å². The van der Waals surface area contributed by atoms with Gasteiger partial charge in [0.1, 0.15) is 28.6 Å². The largest absolute Gasteiger partial charge is 0.496 e. The third-order valence-corrected chi connectivity index (χ3v) is 6.26. The van der Waals surface area contributed by atoms with Crippen molar-refractivity contribution < 1.29 is 31.8 Å². The minimum absolute atomic E-state index is 0.148. The summed E-state index contributed by atoms with van der Waals surface area (Å²) in [4.78, 5) is 14.6. The van der Waals surface area contributed by atoms with Gasteiger partial charge in [-0.15, -0.1) is 0 Å². The van der Waals surface area contributed by atoms with Crippen LogP contribution in [0, 0.1) is 0 Å². The monoisotopic (exact) mass is 568 g/mol. The molecular weight excluding hydrogens is 548 g/mol. The number of methoxy groups -OCH3 is 1. The lowest BCUT2D eigenvalue weighted by Gasteiger charge is -2.18. The highest BCUT2D eigenvalue weighted by Crippen LogP contribution is 2.36. The number of amides is 1. The number of hydrogen-bond donors (Lipinski definition) is 1. The fraction of sp³-hybridized carbons (Fsp3) is 0.240. The number of anilines is 1. The van der Waals surface area contributed by atoms with Crippen molar-refractivity contribution in [1.29, 1.82) is 0 Å². The van der Waals surface area contributed by atoms with Gasteiger partial charge >= 0.3 is 0 Å². The number of alkyl halides is 4. The molecule has 2 aromatic carbocycles. The van der Waals surface area contributed by atoms with E-state index in [2.05, 4.69) is 10.4 Å². The van der Waals surface area contributed by atoms with Crippen molar-refractivity contribution in [2.24, 2.45) is 0 Å². The predicted molar refractivity (Wildman–Crippen MR) is 138 cm³/mol. The molecule has 0 spiro atoms. The number of rotatable bonds is 9. The first-order valence-electron chi connectivity index (χ1n) is 11.2. The number of thiocarbonyl (C=S) groups is 1. The maximum Gasteiger partial charge on any atom is 0.283 e. The lowest BCUT2D eigenvalue weighted by Crippen LogP contribution is -2.30. The fourth-order valence-electron chi connectivity index (χ4n) is 3.95. The van der Waals surface area contributed by atoms with Gasteiger partial charge in [-0.05, 0) is 55.0 Å². The van der Waals surface area contributed by atoms with E-state index in [4.69, 9.17) is 33.3 Å². The number of aromatic nitrogens is 2. The molecule has 7 nitrogen and oxygen atoms in total. The van der Waals surface area contributed by atoms with E-state index in [0.29, 0.717) is 34.9 Å². The van der Waals surface area contributed by atoms with Crippen molar-refractivity contribution in [3.05, 3.63) is 75.7 Å². The van der Waals surface area contributed by atoms with Gasteiger partial charge in [0.05, 0.1) is 31.0 Å². The van der Waals surface area contributed by atoms with Crippen LogP contribution < -0.4 is 19.7 Å². The second-order valence-electron chi connectivity index (χ2n) is 7.94. The Morgan fingerprint density at radius 1 is 1.13 bits per heavy atom. The van der Waals surface area contributed by atoms with Gasteiger partial charge in [-0.25, -0.2) is 22.5 Å². The SMILES string of the molecule is CCOc1ccccc1N1C(=O)/C(=C\c2ccc(OC)c(Cn3nc(C(F)F)c(Cl)c3C(F)F)c2)NC1=S. The number of para-hydroxylation sites is 2. The van der Waals surface area contributed by atoms with Crippen molar-refractivity contribution in [2.75, 3.05) is 18.6 Å². The summed E-state index contributed by atoms with van der Waals surface area (Å²) >= 11 is 11.2. The summed E-state index contributed by atoms with van der Waals surface area (Å²) in [6, 6.07) is 11.7. The van der Waals surface area contributed by atoms with Gasteiger partial charge in [0.2, 0.25) is 0 Å². The zero-order valence-electron chi connectivity index (χ0n) is 20.1. The van der Waals surface area contributed by atoms with Crippen molar-refractivity contribution >= 4 is 46.6 Å². The summed E-state index contributed by atoms with van der Waals surface area (Å²) in [7, 11) is 1.37. The number of ether oxygens (including phenoxy) is 2. The topological polar surface area (TPSA) is 68.6 Å². The molecule has 2 heterocycles. The van der Waals surface area contributed by atoms with Gasteiger partial charge < -0.3 is 14.8 Å². The third kappa shape index (κ3) is 5.32. The lowest BCUT2D eigenvalue weighted by atomic mass is 10.1. The molecule has 0 bridgehead atoms. The molecule has 1 saturated heterocycles. The van der Waals surface area contributed by atoms with Crippen LogP contribution in [-0.4, -0.2) is 34.5 Å². The van der Waals surface area contributed by atoms with Crippen LogP contribution in [0.4, 0.5) is 23.2 Å². The predicted octanol–water partition coefficient (Wildman–Crippen LogP) is 6.13. The highest BCUT2D eigenvalue weighted by atomic mass is 35.5. The number of halogens is 5. The summed E-state index contributed by atoms with van der Waals surface area (Å²) in [6.07, 6.45) is -4.74. The number of carbonyl (C=O) groups excluding carboxylic acids is 1. The quantitative estimate of drug-likeness (QED) is 0.190. The maximum atomic E-state index is 13.6. The van der Waals surface area contributed by atoms with Gasteiger partial charge in [0.25, 0.3) is 18.8 Å². The van der Waals surface area contributed by atoms with Crippen LogP contribution in [0.5, 0.6) is 11.5 Å². The molecule has 1 aliphatic rings. The first kappa shape index (κ1) is 27.4. The van der Waals surface area contributed by atoms with Gasteiger partial charge in [-0.2, -0.15) is 5.10 Å². The molecule has 0 aliphatic carbocycles. The highest BCUT2D eigenvalue weighted by molar-refractivity contribution is 7.80. The Morgan fingerprint density at radius 3 is 2.53 bits per heavy atom. The van der Waals surface area contributed by atoms with Crippen LogP contribution in [-0.2, 0) is 11.3 Å². The smallest absolute Gasteiger partial charge is 0.283 e. The molecule has 1 N–H and O–H groups in total. The van der Waals surface area contributed by atoms with Gasteiger partial charge in [-0.1, -0.05) is 29.8 Å². The fourth-order valence-corrected chi connectivity index (χ4v) is 4.55. The second-order valence-corrected chi connectivity index (χ2v) is 8.71. The zero-order chi connectivity index (χ0) is 27.6. The van der Waals surface area contributed by atoms with E-state index in [-0.39, 0.29) is 17.4 Å². The van der Waals surface area contributed by atoms with Crippen LogP contribution in [0.25, 0.3) is 6.08 Å². The average molecular weight is 569 g/mol. The number of hydrogen-bond acceptors (Lipinski definition) is 5. The minimum atomic E-state index is -3.13. The maximum absolute atomic E-state index is 13.6. The Morgan fingerprint density at radius 2 is 1.87 bits per heavy atom. The molecular formula is C25H21ClF4N4O3S. The van der Waals surface area contributed by atoms with E-state index in [0.717, 1.165) is 4.68 Å². The zero-order valence-corrected chi connectivity index (χ0v) is 21.6. The van der Waals surface area contributed by atoms with Gasteiger partial charge in [-0.3, -0.25) is 9.48 Å². The molecule has 200 valence electrons. The first-order valence-corrected chi connectivity index (χ1v) is 12.0. The van der Waals surface area contributed by atoms with E-state index in [1.54, 1.807) is 42.5 Å². The first-order chi connectivity index (χ1) is 18.2. The summed E-state index contributed by atoms with van der Waals surface area (Å²) in [5, 5.41) is 5.85. The Bertz CT molecular complexity index is 1410. The molecule has 1 amide bonds. The summed E-state index contributed by atoms with van der Waals surface area (Å²) < 4.78 is 65.4. The molecule has 13 heteroatoms. The van der Waals surface area contributed by atoms with Crippen molar-refractivity contribution in [3.8, 4) is 11.5 Å². The minimum Gasteiger partial charge on any atom is -0.496 e. The van der Waals surface area contributed by atoms with Crippen molar-refractivity contribution in [2.45, 2.75) is 26.3 Å². The van der Waals surface area contributed by atoms with Crippen molar-refractivity contribution in [1.82, 2.24) is 15.1 Å². The molecule has 1 aliphatic heterocycles. The molecule has 1 fully saturated rings. The molecule has 4 rings (SSSR count). The van der Waals surface area contributed by atoms with Crippen LogP contribution in [0.2, 0.25) is 5.02 Å². The Kier molecular flexibility index (Phi) is 8.22. The Balaban J connectivity index is 1.68. The van der Waals surface area contributed by atoms with Crippen LogP contribution in [0.15, 0.2) is 48.2 Å². The van der Waals surface area contributed by atoms with Crippen LogP contribution >= 0.6 is 23.8 Å². The molecule has 0 unspecified atom stereocenters. The molecule has 1 aromatic heterocycles. The van der Waals surface area contributed by atoms with Crippen LogP contribution in [0.1, 0.15) is 42.3 Å². The standard InChI is InChI=1S/C25H21ClF4N4O3S/c1-3-37-18-7-5-4-6-16(18)34-24(35)15(31-25(34)38)11-13-8-9-17(36-2)14(10-13)12-33-21(23(29)30)19(26)20(32-33)22(27)28/h4-11,22-23H,3,12H2,1-2H3,(H,31,38)/b15-11+. The van der Waals surface area contributed by atoms with Gasteiger partial charge in [0, 0.05) is 5.56 Å². The summed E-state index contributed by atoms with van der Waals surface area (Å²) in [6.45, 7) is 1.88. The molecule has 0 atom stereocenters. The van der Waals surface area contributed by atoms with Crippen LogP contribution in [0.3, 0.4) is 0 Å². The normalized spacial score (nSPS) is 14.7. The number of nitrogens with zero attached hydrogens (tertiary/aromatic N) is 3. The number of carbonyl (C=O) groups is 1. The molecule has 0 saturated carbocycles. The van der Waals surface area contributed by atoms with E-state index < -0.39 is 35.2 Å². The Hall–Kier alpha value is -3.64. The van der Waals surface area contributed by atoms with E-state index >= 15 is 0 Å². The third-order valence-electron chi connectivity index (χ3n) is 5.59. The number of benzene rings is 2. The van der Waals surface area contributed by atoms with E-state index in [9.17, 15) is 22.4 Å². The van der Waals surface area contributed by atoms with E-state index in [1.807, 2.05) is 6.92 Å². The molecule has 0 radical (unpaired) electrons.